The quantitative estimate of drug-likeness (QED) is 0.498. The molecule has 1 atom stereocenters. The van der Waals surface area contributed by atoms with E-state index in [1.54, 1.807) is 12.1 Å². The van der Waals surface area contributed by atoms with Crippen molar-refractivity contribution in [2.45, 2.75) is 11.8 Å². The van der Waals surface area contributed by atoms with Gasteiger partial charge in [0, 0.05) is 9.85 Å². The maximum absolute atomic E-state index is 5.92. The van der Waals surface area contributed by atoms with E-state index in [0.29, 0.717) is 15.1 Å². The standard InChI is InChI=1S/C8H6BrCl3/c1-4(9)5-2-7(11)8(12)3-6(5)10/h2-4H,1H3. The molecule has 0 amide bonds. The average molecular weight is 288 g/mol. The van der Waals surface area contributed by atoms with Gasteiger partial charge < -0.3 is 0 Å². The molecular weight excluding hydrogens is 282 g/mol. The molecule has 1 rings (SSSR count). The van der Waals surface area contributed by atoms with Crippen molar-refractivity contribution in [1.82, 2.24) is 0 Å². The fourth-order valence-electron chi connectivity index (χ4n) is 0.843. The highest BCUT2D eigenvalue weighted by Gasteiger charge is 2.09. The van der Waals surface area contributed by atoms with Gasteiger partial charge in [-0.2, -0.15) is 0 Å². The topological polar surface area (TPSA) is 0 Å². The number of halogens is 4. The Morgan fingerprint density at radius 2 is 1.58 bits per heavy atom. The molecule has 4 heteroatoms. The molecule has 1 aromatic rings. The van der Waals surface area contributed by atoms with Crippen LogP contribution >= 0.6 is 50.7 Å². The van der Waals surface area contributed by atoms with E-state index in [-0.39, 0.29) is 4.83 Å². The Kier molecular flexibility index (Phi) is 3.72. The van der Waals surface area contributed by atoms with Gasteiger partial charge in [0.15, 0.2) is 0 Å². The SMILES string of the molecule is CC(Br)c1cc(Cl)c(Cl)cc1Cl. The molecule has 66 valence electrons. The third-order valence-corrected chi connectivity index (χ3v) is 3.01. The van der Waals surface area contributed by atoms with Gasteiger partial charge in [0.25, 0.3) is 0 Å². The Morgan fingerprint density at radius 3 is 2.08 bits per heavy atom. The van der Waals surface area contributed by atoms with Crippen molar-refractivity contribution in [2.24, 2.45) is 0 Å². The van der Waals surface area contributed by atoms with Gasteiger partial charge in [-0.25, -0.2) is 0 Å². The van der Waals surface area contributed by atoms with Crippen LogP contribution < -0.4 is 0 Å². The Labute approximate surface area is 94.9 Å². The summed E-state index contributed by atoms with van der Waals surface area (Å²) in [5, 5.41) is 1.65. The predicted molar refractivity (Wildman–Crippen MR) is 58.8 cm³/mol. The first-order chi connectivity index (χ1) is 5.52. The first-order valence-electron chi connectivity index (χ1n) is 3.31. The fraction of sp³-hybridized carbons (Fsp3) is 0.250. The van der Waals surface area contributed by atoms with Crippen molar-refractivity contribution in [1.29, 1.82) is 0 Å². The van der Waals surface area contributed by atoms with Crippen LogP contribution in [0.3, 0.4) is 0 Å². The van der Waals surface area contributed by atoms with Crippen LogP contribution in [0.2, 0.25) is 15.1 Å². The Bertz CT molecular complexity index is 297. The summed E-state index contributed by atoms with van der Waals surface area (Å²) in [4.78, 5) is 0.180. The second-order valence-electron chi connectivity index (χ2n) is 2.40. The van der Waals surface area contributed by atoms with Crippen LogP contribution in [-0.4, -0.2) is 0 Å². The molecule has 12 heavy (non-hydrogen) atoms. The third kappa shape index (κ3) is 2.29. The van der Waals surface area contributed by atoms with Crippen LogP contribution in [0.5, 0.6) is 0 Å². The average Bonchev–Trinajstić information content (AvgIpc) is 1.96. The van der Waals surface area contributed by atoms with Crippen molar-refractivity contribution in [3.63, 3.8) is 0 Å². The highest BCUT2D eigenvalue weighted by atomic mass is 79.9. The lowest BCUT2D eigenvalue weighted by atomic mass is 10.2. The molecule has 0 aliphatic carbocycles. The molecule has 0 saturated heterocycles. The van der Waals surface area contributed by atoms with E-state index in [1.165, 1.54) is 0 Å². The summed E-state index contributed by atoms with van der Waals surface area (Å²) in [6.45, 7) is 1.98. The number of hydrogen-bond donors (Lipinski definition) is 0. The van der Waals surface area contributed by atoms with Crippen molar-refractivity contribution in [2.75, 3.05) is 0 Å². The lowest BCUT2D eigenvalue weighted by molar-refractivity contribution is 1.12. The maximum atomic E-state index is 5.92. The zero-order chi connectivity index (χ0) is 9.30. The molecule has 0 aliphatic rings. The molecule has 0 saturated carbocycles. The summed E-state index contributed by atoms with van der Waals surface area (Å²) < 4.78 is 0. The molecule has 0 heterocycles. The Balaban J connectivity index is 3.23. The van der Waals surface area contributed by atoms with E-state index in [9.17, 15) is 0 Å². The predicted octanol–water partition coefficient (Wildman–Crippen LogP) is 5.10. The van der Waals surface area contributed by atoms with Gasteiger partial charge in [0.05, 0.1) is 10.0 Å². The van der Waals surface area contributed by atoms with Gasteiger partial charge in [-0.3, -0.25) is 0 Å². The zero-order valence-electron chi connectivity index (χ0n) is 6.24. The monoisotopic (exact) mass is 286 g/mol. The third-order valence-electron chi connectivity index (χ3n) is 1.47. The van der Waals surface area contributed by atoms with E-state index < -0.39 is 0 Å². The van der Waals surface area contributed by atoms with Gasteiger partial charge in [-0.1, -0.05) is 50.7 Å². The molecule has 0 aromatic heterocycles. The van der Waals surface area contributed by atoms with Crippen molar-refractivity contribution < 1.29 is 0 Å². The summed E-state index contributed by atoms with van der Waals surface area (Å²) in [6.07, 6.45) is 0. The summed E-state index contributed by atoms with van der Waals surface area (Å²) in [5.74, 6) is 0. The number of benzene rings is 1. The summed E-state index contributed by atoms with van der Waals surface area (Å²) in [7, 11) is 0. The molecule has 0 spiro atoms. The van der Waals surface area contributed by atoms with Crippen LogP contribution in [0, 0.1) is 0 Å². The highest BCUT2D eigenvalue weighted by Crippen LogP contribution is 2.35. The zero-order valence-corrected chi connectivity index (χ0v) is 10.1. The van der Waals surface area contributed by atoms with Gasteiger partial charge in [-0.15, -0.1) is 0 Å². The molecular formula is C8H6BrCl3. The minimum absolute atomic E-state index is 0.180. The van der Waals surface area contributed by atoms with Gasteiger partial charge >= 0.3 is 0 Å². The van der Waals surface area contributed by atoms with E-state index in [2.05, 4.69) is 15.9 Å². The normalized spacial score (nSPS) is 13.1. The molecule has 0 aliphatic heterocycles. The number of rotatable bonds is 1. The van der Waals surface area contributed by atoms with Crippen LogP contribution in [0.15, 0.2) is 12.1 Å². The lowest BCUT2D eigenvalue weighted by Crippen LogP contribution is -1.85. The highest BCUT2D eigenvalue weighted by molar-refractivity contribution is 9.09. The van der Waals surface area contributed by atoms with E-state index >= 15 is 0 Å². The minimum Gasteiger partial charge on any atom is -0.0841 e. The fourth-order valence-corrected chi connectivity index (χ4v) is 2.07. The summed E-state index contributed by atoms with van der Waals surface area (Å²) >= 11 is 20.9. The summed E-state index contributed by atoms with van der Waals surface area (Å²) in [6, 6.07) is 3.42. The second kappa shape index (κ2) is 4.19. The number of hydrogen-bond acceptors (Lipinski definition) is 0. The minimum atomic E-state index is 0.180. The van der Waals surface area contributed by atoms with E-state index in [1.807, 2.05) is 6.92 Å². The first-order valence-corrected chi connectivity index (χ1v) is 5.36. The molecule has 0 fully saturated rings. The maximum Gasteiger partial charge on any atom is 0.0607 e. The Hall–Kier alpha value is 0.570. The Morgan fingerprint density at radius 1 is 1.08 bits per heavy atom. The van der Waals surface area contributed by atoms with E-state index in [4.69, 9.17) is 34.8 Å². The van der Waals surface area contributed by atoms with Crippen LogP contribution in [0.1, 0.15) is 17.3 Å². The largest absolute Gasteiger partial charge is 0.0841 e. The van der Waals surface area contributed by atoms with Gasteiger partial charge in [-0.05, 0) is 24.6 Å². The molecule has 0 nitrogen and oxygen atoms in total. The van der Waals surface area contributed by atoms with Crippen LogP contribution in [-0.2, 0) is 0 Å². The van der Waals surface area contributed by atoms with Gasteiger partial charge in [0.1, 0.15) is 0 Å². The van der Waals surface area contributed by atoms with Gasteiger partial charge in [0.2, 0.25) is 0 Å². The molecule has 1 aromatic carbocycles. The molecule has 1 unspecified atom stereocenters. The smallest absolute Gasteiger partial charge is 0.0607 e. The van der Waals surface area contributed by atoms with Crippen LogP contribution in [0.25, 0.3) is 0 Å². The van der Waals surface area contributed by atoms with Crippen molar-refractivity contribution in [3.8, 4) is 0 Å². The second-order valence-corrected chi connectivity index (χ2v) is 5.00. The van der Waals surface area contributed by atoms with E-state index in [0.717, 1.165) is 5.56 Å². The molecule has 0 N–H and O–H groups in total. The van der Waals surface area contributed by atoms with Crippen LogP contribution in [0.4, 0.5) is 0 Å². The summed E-state index contributed by atoms with van der Waals surface area (Å²) in [5.41, 5.74) is 0.950. The first kappa shape index (κ1) is 10.6. The number of alkyl halides is 1. The van der Waals surface area contributed by atoms with Crippen molar-refractivity contribution in [3.05, 3.63) is 32.8 Å². The molecule has 0 bridgehead atoms. The lowest BCUT2D eigenvalue weighted by Gasteiger charge is -2.07. The van der Waals surface area contributed by atoms with Crippen molar-refractivity contribution >= 4 is 50.7 Å². The molecule has 0 radical (unpaired) electrons.